The van der Waals surface area contributed by atoms with Crippen molar-refractivity contribution in [2.75, 3.05) is 0 Å². The number of rotatable bonds is 5. The van der Waals surface area contributed by atoms with Crippen molar-refractivity contribution >= 4 is 107 Å². The second kappa shape index (κ2) is 13.8. The van der Waals surface area contributed by atoms with E-state index < -0.39 is 0 Å². The standard InChI is InChI=1S/C57H31N3O2S2/c1-2-10-32(11-3-1)55-58-56(36-22-24-39-38-12-4-6-16-45(38)62-48(39)29-36)60-57(59-55)43-15-8-17-47-53(43)44-28-35(23-27-46(44)61-47)37-14-9-19-50-54(37)42-26-21-34(31-52(42)64-50)33-20-25-41-40-13-5-7-18-49(40)63-51(41)30-33/h1-31H. The largest absolute Gasteiger partial charge is 0.456 e. The van der Waals surface area contributed by atoms with E-state index in [-0.39, 0.29) is 0 Å². The number of hydrogen-bond donors (Lipinski definition) is 0. The van der Waals surface area contributed by atoms with Crippen LogP contribution in [0.25, 0.3) is 141 Å². The van der Waals surface area contributed by atoms with E-state index >= 15 is 0 Å². The molecule has 0 fully saturated rings. The molecule has 5 aromatic heterocycles. The fourth-order valence-electron chi connectivity index (χ4n) is 9.54. The number of furan rings is 2. The summed E-state index contributed by atoms with van der Waals surface area (Å²) in [6, 6.07) is 66.2. The van der Waals surface area contributed by atoms with Gasteiger partial charge in [-0.05, 0) is 82.9 Å². The van der Waals surface area contributed by atoms with E-state index in [0.29, 0.717) is 17.5 Å². The molecule has 0 bridgehead atoms. The summed E-state index contributed by atoms with van der Waals surface area (Å²) < 4.78 is 18.0. The first-order chi connectivity index (χ1) is 31.7. The molecule has 0 amide bonds. The van der Waals surface area contributed by atoms with Crippen molar-refractivity contribution in [2.45, 2.75) is 0 Å². The minimum absolute atomic E-state index is 0.566. The zero-order valence-corrected chi connectivity index (χ0v) is 35.5. The molecule has 0 spiro atoms. The normalized spacial score (nSPS) is 12.1. The van der Waals surface area contributed by atoms with Gasteiger partial charge in [-0.3, -0.25) is 0 Å². The van der Waals surface area contributed by atoms with Crippen LogP contribution < -0.4 is 0 Å². The van der Waals surface area contributed by atoms with Gasteiger partial charge in [0.1, 0.15) is 22.3 Å². The van der Waals surface area contributed by atoms with Crippen molar-refractivity contribution in [3.63, 3.8) is 0 Å². The first kappa shape index (κ1) is 35.6. The van der Waals surface area contributed by atoms with Gasteiger partial charge in [0.05, 0.1) is 0 Å². The van der Waals surface area contributed by atoms with Crippen molar-refractivity contribution in [3.05, 3.63) is 188 Å². The summed E-state index contributed by atoms with van der Waals surface area (Å²) in [6.07, 6.45) is 0. The van der Waals surface area contributed by atoms with Crippen LogP contribution in [0.3, 0.4) is 0 Å². The van der Waals surface area contributed by atoms with Gasteiger partial charge in [-0.2, -0.15) is 0 Å². The second-order valence-corrected chi connectivity index (χ2v) is 18.4. The Morgan fingerprint density at radius 2 is 0.859 bits per heavy atom. The van der Waals surface area contributed by atoms with Gasteiger partial charge >= 0.3 is 0 Å². The Morgan fingerprint density at radius 3 is 1.75 bits per heavy atom. The van der Waals surface area contributed by atoms with E-state index in [9.17, 15) is 0 Å². The fourth-order valence-corrected chi connectivity index (χ4v) is 11.9. The first-order valence-corrected chi connectivity index (χ1v) is 22.9. The quantitative estimate of drug-likeness (QED) is 0.173. The van der Waals surface area contributed by atoms with Gasteiger partial charge in [-0.1, -0.05) is 127 Å². The minimum atomic E-state index is 0.566. The van der Waals surface area contributed by atoms with Crippen LogP contribution in [0.15, 0.2) is 197 Å². The van der Waals surface area contributed by atoms with E-state index in [1.54, 1.807) is 0 Å². The smallest absolute Gasteiger partial charge is 0.164 e. The molecule has 0 aliphatic carbocycles. The van der Waals surface area contributed by atoms with E-state index in [0.717, 1.165) is 66.1 Å². The number of hydrogen-bond acceptors (Lipinski definition) is 7. The maximum absolute atomic E-state index is 6.57. The van der Waals surface area contributed by atoms with Crippen LogP contribution >= 0.6 is 22.7 Å². The Labute approximate surface area is 373 Å². The van der Waals surface area contributed by atoms with Crippen LogP contribution in [0, 0.1) is 0 Å². The zero-order chi connectivity index (χ0) is 41.9. The van der Waals surface area contributed by atoms with Gasteiger partial charge in [0.2, 0.25) is 0 Å². The molecular weight excluding hydrogens is 823 g/mol. The van der Waals surface area contributed by atoms with Gasteiger partial charge in [-0.15, -0.1) is 22.7 Å². The Kier molecular flexibility index (Phi) is 7.66. The van der Waals surface area contributed by atoms with Crippen LogP contribution in [-0.4, -0.2) is 15.0 Å². The predicted molar refractivity (Wildman–Crippen MR) is 267 cm³/mol. The maximum Gasteiger partial charge on any atom is 0.164 e. The van der Waals surface area contributed by atoms with Crippen LogP contribution in [0.1, 0.15) is 0 Å². The Balaban J connectivity index is 0.906. The summed E-state index contributed by atoms with van der Waals surface area (Å²) in [7, 11) is 0. The lowest BCUT2D eigenvalue weighted by molar-refractivity contribution is 0.668. The monoisotopic (exact) mass is 853 g/mol. The van der Waals surface area contributed by atoms with Gasteiger partial charge in [0.25, 0.3) is 0 Å². The Hall–Kier alpha value is -7.97. The van der Waals surface area contributed by atoms with Crippen molar-refractivity contribution in [1.82, 2.24) is 15.0 Å². The van der Waals surface area contributed by atoms with Crippen molar-refractivity contribution in [2.24, 2.45) is 0 Å². The number of benzene rings is 9. The third kappa shape index (κ3) is 5.51. The molecular formula is C57H31N3O2S2. The number of nitrogens with zero attached hydrogens (tertiary/aromatic N) is 3. The lowest BCUT2D eigenvalue weighted by Crippen LogP contribution is -2.00. The number of aromatic nitrogens is 3. The van der Waals surface area contributed by atoms with Crippen LogP contribution in [0.4, 0.5) is 0 Å². The maximum atomic E-state index is 6.57. The molecule has 0 N–H and O–H groups in total. The second-order valence-electron chi connectivity index (χ2n) is 16.3. The third-order valence-corrected chi connectivity index (χ3v) is 14.8. The molecule has 14 aromatic rings. The molecule has 0 saturated heterocycles. The van der Waals surface area contributed by atoms with Crippen LogP contribution in [0.5, 0.6) is 0 Å². The highest BCUT2D eigenvalue weighted by Gasteiger charge is 2.20. The lowest BCUT2D eigenvalue weighted by atomic mass is 9.96. The number of fused-ring (bicyclic) bond motifs is 12. The highest BCUT2D eigenvalue weighted by molar-refractivity contribution is 7.26. The highest BCUT2D eigenvalue weighted by Crippen LogP contribution is 2.45. The summed E-state index contributed by atoms with van der Waals surface area (Å²) in [6.45, 7) is 0. The molecule has 0 saturated carbocycles. The van der Waals surface area contributed by atoms with Gasteiger partial charge in [-0.25, -0.2) is 15.0 Å². The molecule has 0 aliphatic heterocycles. The molecule has 298 valence electrons. The first-order valence-electron chi connectivity index (χ1n) is 21.2. The fraction of sp³-hybridized carbons (Fsp3) is 0. The number of thiophene rings is 2. The minimum Gasteiger partial charge on any atom is -0.456 e. The molecule has 64 heavy (non-hydrogen) atoms. The van der Waals surface area contributed by atoms with Crippen molar-refractivity contribution in [3.8, 4) is 56.4 Å². The summed E-state index contributed by atoms with van der Waals surface area (Å²) in [5.74, 6) is 1.73. The summed E-state index contributed by atoms with van der Waals surface area (Å²) in [5.41, 5.74) is 10.6. The van der Waals surface area contributed by atoms with E-state index in [4.69, 9.17) is 23.8 Å². The van der Waals surface area contributed by atoms with E-state index in [1.807, 2.05) is 89.4 Å². The van der Waals surface area contributed by atoms with E-state index in [1.165, 1.54) is 57.0 Å². The molecule has 14 rings (SSSR count). The molecule has 7 heteroatoms. The summed E-state index contributed by atoms with van der Waals surface area (Å²) in [4.78, 5) is 15.4. The average molecular weight is 854 g/mol. The lowest BCUT2D eigenvalue weighted by Gasteiger charge is -2.09. The summed E-state index contributed by atoms with van der Waals surface area (Å²) >= 11 is 3.71. The molecule has 0 unspecified atom stereocenters. The molecule has 0 atom stereocenters. The summed E-state index contributed by atoms with van der Waals surface area (Å²) in [5, 5.41) is 9.27. The van der Waals surface area contributed by atoms with Crippen molar-refractivity contribution < 1.29 is 8.83 Å². The topological polar surface area (TPSA) is 65.0 Å². The predicted octanol–water partition coefficient (Wildman–Crippen LogP) is 16.7. The Bertz CT molecular complexity index is 4220. The third-order valence-electron chi connectivity index (χ3n) is 12.6. The van der Waals surface area contributed by atoms with Gasteiger partial charge in [0, 0.05) is 78.6 Å². The zero-order valence-electron chi connectivity index (χ0n) is 33.9. The van der Waals surface area contributed by atoms with Gasteiger partial charge in [0.15, 0.2) is 17.5 Å². The van der Waals surface area contributed by atoms with Crippen LogP contribution in [-0.2, 0) is 0 Å². The highest BCUT2D eigenvalue weighted by atomic mass is 32.1. The number of para-hydroxylation sites is 1. The molecule has 5 nitrogen and oxygen atoms in total. The van der Waals surface area contributed by atoms with Gasteiger partial charge < -0.3 is 8.83 Å². The SMILES string of the molecule is c1ccc(-c2nc(-c3ccc4c(c3)oc3ccccc34)nc(-c3cccc4oc5ccc(-c6cccc7sc8cc(-c9ccc%10c(c9)sc9ccccc9%10)ccc8c67)cc5c34)n2)cc1. The molecule has 0 radical (unpaired) electrons. The molecule has 5 heterocycles. The van der Waals surface area contributed by atoms with E-state index in [2.05, 4.69) is 121 Å². The average Bonchev–Trinajstić information content (AvgIpc) is 4.13. The Morgan fingerprint density at radius 1 is 0.281 bits per heavy atom. The van der Waals surface area contributed by atoms with Crippen LogP contribution in [0.2, 0.25) is 0 Å². The molecule has 9 aromatic carbocycles. The molecule has 0 aliphatic rings. The van der Waals surface area contributed by atoms with Crippen molar-refractivity contribution in [1.29, 1.82) is 0 Å².